The van der Waals surface area contributed by atoms with Crippen LogP contribution >= 0.6 is 0 Å². The van der Waals surface area contributed by atoms with Crippen molar-refractivity contribution in [1.82, 2.24) is 4.57 Å². The Morgan fingerprint density at radius 3 is 2.35 bits per heavy atom. The maximum atomic E-state index is 6.12. The minimum atomic E-state index is 0.477. The maximum Gasteiger partial charge on any atom is 0.287 e. The molecule has 3 aromatic heterocycles. The first-order valence-corrected chi connectivity index (χ1v) is 10.9. The fourth-order valence-electron chi connectivity index (χ4n) is 5.13. The van der Waals surface area contributed by atoms with Crippen LogP contribution in [-0.2, 0) is 7.05 Å². The zero-order valence-corrected chi connectivity index (χ0v) is 18.3. The molecule has 31 heavy (non-hydrogen) atoms. The van der Waals surface area contributed by atoms with Gasteiger partial charge in [-0.3, -0.25) is 0 Å². The summed E-state index contributed by atoms with van der Waals surface area (Å²) >= 11 is 0. The van der Waals surface area contributed by atoms with Crippen molar-refractivity contribution in [3.63, 3.8) is 0 Å². The molecule has 0 amide bonds. The molecule has 0 N–H and O–H groups in total. The van der Waals surface area contributed by atoms with E-state index in [2.05, 4.69) is 97.7 Å². The summed E-state index contributed by atoms with van der Waals surface area (Å²) in [6.07, 6.45) is 2.10. The van der Waals surface area contributed by atoms with Gasteiger partial charge in [0.2, 0.25) is 0 Å². The summed E-state index contributed by atoms with van der Waals surface area (Å²) in [5.74, 6) is 1.61. The van der Waals surface area contributed by atoms with Gasteiger partial charge in [0.1, 0.15) is 22.8 Å². The van der Waals surface area contributed by atoms with E-state index in [4.69, 9.17) is 4.42 Å². The summed E-state index contributed by atoms with van der Waals surface area (Å²) in [4.78, 5) is 0. The van der Waals surface area contributed by atoms with Gasteiger partial charge in [-0.1, -0.05) is 50.2 Å². The van der Waals surface area contributed by atoms with Gasteiger partial charge in [-0.25, -0.2) is 4.57 Å². The van der Waals surface area contributed by atoms with Crippen LogP contribution in [0.4, 0.5) is 0 Å². The molecule has 0 saturated heterocycles. The Bertz CT molecular complexity index is 1630. The average Bonchev–Trinajstić information content (AvgIpc) is 3.29. The zero-order valence-electron chi connectivity index (χ0n) is 18.3. The van der Waals surface area contributed by atoms with Crippen LogP contribution in [-0.4, -0.2) is 4.57 Å². The van der Waals surface area contributed by atoms with E-state index in [1.165, 1.54) is 32.9 Å². The Morgan fingerprint density at radius 2 is 1.55 bits per heavy atom. The highest BCUT2D eigenvalue weighted by atomic mass is 16.3. The van der Waals surface area contributed by atoms with E-state index >= 15 is 0 Å². The lowest BCUT2D eigenvalue weighted by molar-refractivity contribution is -0.664. The number of pyridine rings is 1. The Labute approximate surface area is 181 Å². The first kappa shape index (κ1) is 18.2. The summed E-state index contributed by atoms with van der Waals surface area (Å²) in [5, 5.41) is 4.88. The first-order chi connectivity index (χ1) is 15.0. The van der Waals surface area contributed by atoms with Crippen molar-refractivity contribution in [2.45, 2.75) is 26.7 Å². The molecule has 3 heterocycles. The van der Waals surface area contributed by atoms with Gasteiger partial charge in [0, 0.05) is 33.2 Å². The molecular weight excluding hydrogens is 380 g/mol. The van der Waals surface area contributed by atoms with E-state index in [-0.39, 0.29) is 0 Å². The summed E-state index contributed by atoms with van der Waals surface area (Å²) in [7, 11) is 2.10. The molecule has 152 valence electrons. The molecule has 0 aliphatic heterocycles. The summed E-state index contributed by atoms with van der Waals surface area (Å²) in [5.41, 5.74) is 7.09. The lowest BCUT2D eigenvalue weighted by Crippen LogP contribution is -2.33. The fourth-order valence-corrected chi connectivity index (χ4v) is 5.13. The number of rotatable bonds is 2. The normalized spacial score (nSPS) is 12.2. The van der Waals surface area contributed by atoms with Crippen LogP contribution < -0.4 is 4.57 Å². The molecule has 6 rings (SSSR count). The average molecular weight is 406 g/mol. The van der Waals surface area contributed by atoms with Crippen molar-refractivity contribution in [3.05, 3.63) is 84.1 Å². The largest absolute Gasteiger partial charge is 0.452 e. The molecule has 3 aromatic carbocycles. The fraction of sp³-hybridized carbons (Fsp3) is 0.179. The zero-order chi connectivity index (χ0) is 21.3. The standard InChI is InChI=1S/C28H25N2O/c1-17(2)19-13-14-22-20-9-5-7-11-24(20)30(28(22)18(19)3)27-15-23-21-10-6-8-12-25(21)31-26(23)16-29(27)4/h5-17H,1-4H3/q+1. The van der Waals surface area contributed by atoms with Gasteiger partial charge in [0.05, 0.1) is 7.05 Å². The van der Waals surface area contributed by atoms with E-state index in [1.807, 2.05) is 12.1 Å². The second-order valence-electron chi connectivity index (χ2n) is 8.80. The topological polar surface area (TPSA) is 21.9 Å². The highest BCUT2D eigenvalue weighted by Gasteiger charge is 2.25. The minimum Gasteiger partial charge on any atom is -0.452 e. The summed E-state index contributed by atoms with van der Waals surface area (Å²) < 4.78 is 10.7. The van der Waals surface area contributed by atoms with Crippen LogP contribution in [0.2, 0.25) is 0 Å². The Balaban J connectivity index is 1.80. The molecular formula is C28H25N2O+. The number of para-hydroxylation sites is 2. The van der Waals surface area contributed by atoms with E-state index < -0.39 is 0 Å². The van der Waals surface area contributed by atoms with Crippen LogP contribution in [0.25, 0.3) is 49.6 Å². The number of fused-ring (bicyclic) bond motifs is 6. The lowest BCUT2D eigenvalue weighted by Gasteiger charge is -2.11. The number of furan rings is 1. The molecule has 3 nitrogen and oxygen atoms in total. The molecule has 0 saturated carbocycles. The lowest BCUT2D eigenvalue weighted by atomic mass is 9.95. The number of benzene rings is 3. The van der Waals surface area contributed by atoms with Crippen LogP contribution in [0.1, 0.15) is 30.9 Å². The van der Waals surface area contributed by atoms with Gasteiger partial charge in [-0.05, 0) is 42.7 Å². The third kappa shape index (κ3) is 2.50. The number of hydrogen-bond acceptors (Lipinski definition) is 1. The van der Waals surface area contributed by atoms with Gasteiger partial charge in [-0.2, -0.15) is 4.57 Å². The van der Waals surface area contributed by atoms with Gasteiger partial charge in [0.15, 0.2) is 5.58 Å². The Hall–Kier alpha value is -3.59. The van der Waals surface area contributed by atoms with Gasteiger partial charge in [-0.15, -0.1) is 0 Å². The third-order valence-electron chi connectivity index (χ3n) is 6.59. The molecule has 0 unspecified atom stereocenters. The van der Waals surface area contributed by atoms with Gasteiger partial charge in [0.25, 0.3) is 5.82 Å². The smallest absolute Gasteiger partial charge is 0.287 e. The molecule has 3 heteroatoms. The SMILES string of the molecule is Cc1c(C(C)C)ccc2c3ccccc3n(-c3cc4c(c[n+]3C)oc3ccccc34)c12. The monoisotopic (exact) mass is 405 g/mol. The van der Waals surface area contributed by atoms with Crippen molar-refractivity contribution in [2.24, 2.45) is 7.05 Å². The van der Waals surface area contributed by atoms with Crippen molar-refractivity contribution >= 4 is 43.7 Å². The van der Waals surface area contributed by atoms with Gasteiger partial charge >= 0.3 is 0 Å². The van der Waals surface area contributed by atoms with E-state index in [9.17, 15) is 0 Å². The van der Waals surface area contributed by atoms with Crippen LogP contribution in [0, 0.1) is 6.92 Å². The summed E-state index contributed by atoms with van der Waals surface area (Å²) in [6, 6.07) is 23.8. The van der Waals surface area contributed by atoms with Crippen molar-refractivity contribution < 1.29 is 8.98 Å². The minimum absolute atomic E-state index is 0.477. The molecule has 0 fully saturated rings. The molecule has 6 aromatic rings. The van der Waals surface area contributed by atoms with Crippen LogP contribution in [0.3, 0.4) is 0 Å². The highest BCUT2D eigenvalue weighted by molar-refractivity contribution is 6.11. The number of aryl methyl sites for hydroxylation is 2. The molecule has 0 bridgehead atoms. The number of nitrogens with zero attached hydrogens (tertiary/aromatic N) is 2. The predicted octanol–water partition coefficient (Wildman–Crippen LogP) is 6.94. The molecule has 0 radical (unpaired) electrons. The molecule has 0 atom stereocenters. The summed E-state index contributed by atoms with van der Waals surface area (Å²) in [6.45, 7) is 6.80. The van der Waals surface area contributed by atoms with Crippen molar-refractivity contribution in [1.29, 1.82) is 0 Å². The second-order valence-corrected chi connectivity index (χ2v) is 8.80. The second kappa shape index (κ2) is 6.45. The molecule has 0 aliphatic carbocycles. The van der Waals surface area contributed by atoms with Gasteiger partial charge < -0.3 is 4.42 Å². The van der Waals surface area contributed by atoms with Crippen LogP contribution in [0.15, 0.2) is 77.3 Å². The van der Waals surface area contributed by atoms with Crippen molar-refractivity contribution in [2.75, 3.05) is 0 Å². The quantitative estimate of drug-likeness (QED) is 0.286. The molecule has 0 spiro atoms. The first-order valence-electron chi connectivity index (χ1n) is 10.9. The molecule has 0 aliphatic rings. The van der Waals surface area contributed by atoms with Crippen LogP contribution in [0.5, 0.6) is 0 Å². The maximum absolute atomic E-state index is 6.12. The Kier molecular flexibility index (Phi) is 3.79. The van der Waals surface area contributed by atoms with Crippen molar-refractivity contribution in [3.8, 4) is 5.82 Å². The predicted molar refractivity (Wildman–Crippen MR) is 128 cm³/mol. The number of hydrogen-bond donors (Lipinski definition) is 0. The third-order valence-corrected chi connectivity index (χ3v) is 6.59. The number of aromatic nitrogens is 2. The highest BCUT2D eigenvalue weighted by Crippen LogP contribution is 2.37. The van der Waals surface area contributed by atoms with E-state index in [0.717, 1.165) is 27.8 Å². The van der Waals surface area contributed by atoms with E-state index in [0.29, 0.717) is 5.92 Å². The van der Waals surface area contributed by atoms with E-state index in [1.54, 1.807) is 0 Å². The Morgan fingerprint density at radius 1 is 0.806 bits per heavy atom.